The van der Waals surface area contributed by atoms with Gasteiger partial charge in [-0.15, -0.1) is 11.3 Å². The molecule has 0 saturated heterocycles. The first-order valence-electron chi connectivity index (χ1n) is 4.53. The Bertz CT molecular complexity index is 467. The molecule has 1 unspecified atom stereocenters. The van der Waals surface area contributed by atoms with Crippen LogP contribution in [0.2, 0.25) is 0 Å². The lowest BCUT2D eigenvalue weighted by Crippen LogP contribution is -2.13. The monoisotopic (exact) mass is 226 g/mol. The zero-order valence-corrected chi connectivity index (χ0v) is 9.05. The van der Waals surface area contributed by atoms with Gasteiger partial charge in [0.15, 0.2) is 0 Å². The summed E-state index contributed by atoms with van der Waals surface area (Å²) in [6, 6.07) is 4.53. The van der Waals surface area contributed by atoms with Gasteiger partial charge in [0.2, 0.25) is 0 Å². The van der Waals surface area contributed by atoms with E-state index in [0.717, 1.165) is 15.2 Å². The minimum atomic E-state index is -0.251. The number of aromatic nitrogens is 1. The highest BCUT2D eigenvalue weighted by Crippen LogP contribution is 2.27. The molecule has 80 valence electrons. The van der Waals surface area contributed by atoms with E-state index >= 15 is 0 Å². The molecule has 3 nitrogen and oxygen atoms in total. The zero-order valence-electron chi connectivity index (χ0n) is 8.24. The fourth-order valence-electron chi connectivity index (χ4n) is 1.35. The summed E-state index contributed by atoms with van der Waals surface area (Å²) in [6.45, 7) is 0.374. The van der Waals surface area contributed by atoms with Gasteiger partial charge in [0, 0.05) is 13.7 Å². The van der Waals surface area contributed by atoms with E-state index in [1.54, 1.807) is 13.2 Å². The van der Waals surface area contributed by atoms with E-state index in [-0.39, 0.29) is 11.9 Å². The van der Waals surface area contributed by atoms with Gasteiger partial charge in [-0.05, 0) is 18.2 Å². The van der Waals surface area contributed by atoms with Crippen molar-refractivity contribution in [1.82, 2.24) is 4.98 Å². The van der Waals surface area contributed by atoms with Crippen LogP contribution in [0.25, 0.3) is 10.2 Å². The fraction of sp³-hybridized carbons (Fsp3) is 0.300. The van der Waals surface area contributed by atoms with Gasteiger partial charge in [0.25, 0.3) is 0 Å². The van der Waals surface area contributed by atoms with Gasteiger partial charge < -0.3 is 10.5 Å². The zero-order chi connectivity index (χ0) is 10.8. The number of nitrogens with two attached hydrogens (primary N) is 1. The minimum Gasteiger partial charge on any atom is -0.373 e. The summed E-state index contributed by atoms with van der Waals surface area (Å²) in [5.41, 5.74) is 6.32. The van der Waals surface area contributed by atoms with Crippen LogP contribution in [0.15, 0.2) is 18.2 Å². The average Bonchev–Trinajstić information content (AvgIpc) is 2.62. The van der Waals surface area contributed by atoms with Crippen molar-refractivity contribution in [3.63, 3.8) is 0 Å². The van der Waals surface area contributed by atoms with Crippen molar-refractivity contribution in [3.8, 4) is 0 Å². The summed E-state index contributed by atoms with van der Waals surface area (Å²) >= 11 is 1.41. The molecule has 0 radical (unpaired) electrons. The van der Waals surface area contributed by atoms with Crippen molar-refractivity contribution in [1.29, 1.82) is 0 Å². The molecule has 0 bridgehead atoms. The Hall–Kier alpha value is -1.04. The van der Waals surface area contributed by atoms with Gasteiger partial charge in [0.05, 0.1) is 10.2 Å². The Kier molecular flexibility index (Phi) is 2.95. The molecule has 2 N–H and O–H groups in total. The van der Waals surface area contributed by atoms with E-state index in [9.17, 15) is 4.39 Å². The third-order valence-electron chi connectivity index (χ3n) is 2.14. The maximum absolute atomic E-state index is 12.9. The number of halogens is 1. The lowest BCUT2D eigenvalue weighted by atomic mass is 10.3. The van der Waals surface area contributed by atoms with Crippen molar-refractivity contribution in [2.75, 3.05) is 13.7 Å². The van der Waals surface area contributed by atoms with Gasteiger partial charge in [-0.3, -0.25) is 0 Å². The van der Waals surface area contributed by atoms with Gasteiger partial charge in [-0.2, -0.15) is 0 Å². The number of hydrogen-bond acceptors (Lipinski definition) is 4. The number of methoxy groups -OCH3 is 1. The Morgan fingerprint density at radius 1 is 1.60 bits per heavy atom. The minimum absolute atomic E-state index is 0.203. The van der Waals surface area contributed by atoms with Crippen LogP contribution >= 0.6 is 11.3 Å². The third-order valence-corrected chi connectivity index (χ3v) is 3.25. The predicted molar refractivity (Wildman–Crippen MR) is 58.4 cm³/mol. The van der Waals surface area contributed by atoms with Crippen LogP contribution in [0.1, 0.15) is 11.1 Å². The Morgan fingerprint density at radius 3 is 3.07 bits per heavy atom. The van der Waals surface area contributed by atoms with Crippen molar-refractivity contribution >= 4 is 21.6 Å². The van der Waals surface area contributed by atoms with Gasteiger partial charge >= 0.3 is 0 Å². The summed E-state index contributed by atoms with van der Waals surface area (Å²) in [7, 11) is 1.59. The Balaban J connectivity index is 2.46. The number of thiazole rings is 1. The highest BCUT2D eigenvalue weighted by atomic mass is 32.1. The molecule has 0 fully saturated rings. The molecule has 0 amide bonds. The SMILES string of the molecule is COC(CN)c1nc2ccc(F)cc2s1. The van der Waals surface area contributed by atoms with Gasteiger partial charge in [0.1, 0.15) is 16.9 Å². The summed E-state index contributed by atoms with van der Waals surface area (Å²) < 4.78 is 18.9. The van der Waals surface area contributed by atoms with Crippen molar-refractivity contribution in [2.45, 2.75) is 6.10 Å². The van der Waals surface area contributed by atoms with E-state index in [1.165, 1.54) is 23.5 Å². The largest absolute Gasteiger partial charge is 0.373 e. The molecule has 15 heavy (non-hydrogen) atoms. The van der Waals surface area contributed by atoms with Crippen LogP contribution in [-0.2, 0) is 4.74 Å². The molecule has 0 aliphatic heterocycles. The number of rotatable bonds is 3. The molecule has 2 rings (SSSR count). The van der Waals surface area contributed by atoms with Gasteiger partial charge in [-0.1, -0.05) is 0 Å². The first-order chi connectivity index (χ1) is 7.24. The standard InChI is InChI=1S/C10H11FN2OS/c1-14-8(5-12)10-13-7-3-2-6(11)4-9(7)15-10/h2-4,8H,5,12H2,1H3. The highest BCUT2D eigenvalue weighted by molar-refractivity contribution is 7.18. The van der Waals surface area contributed by atoms with E-state index in [0.29, 0.717) is 6.54 Å². The smallest absolute Gasteiger partial charge is 0.124 e. The molecule has 0 aliphatic carbocycles. The summed E-state index contributed by atoms with van der Waals surface area (Å²) in [6.07, 6.45) is -0.203. The second kappa shape index (κ2) is 4.22. The number of benzene rings is 1. The normalized spacial score (nSPS) is 13.3. The van der Waals surface area contributed by atoms with Crippen LogP contribution in [0, 0.1) is 5.82 Å². The van der Waals surface area contributed by atoms with E-state index in [4.69, 9.17) is 10.5 Å². The lowest BCUT2D eigenvalue weighted by molar-refractivity contribution is 0.110. The number of ether oxygens (including phenoxy) is 1. The molecule has 1 atom stereocenters. The molecule has 1 aromatic carbocycles. The molecular weight excluding hydrogens is 215 g/mol. The molecule has 0 spiro atoms. The second-order valence-corrected chi connectivity index (χ2v) is 4.19. The van der Waals surface area contributed by atoms with Crippen molar-refractivity contribution in [2.24, 2.45) is 5.73 Å². The maximum Gasteiger partial charge on any atom is 0.124 e. The number of nitrogens with zero attached hydrogens (tertiary/aromatic N) is 1. The van der Waals surface area contributed by atoms with Crippen molar-refractivity contribution < 1.29 is 9.13 Å². The molecule has 1 aromatic heterocycles. The maximum atomic E-state index is 12.9. The molecule has 0 saturated carbocycles. The third kappa shape index (κ3) is 1.99. The quantitative estimate of drug-likeness (QED) is 0.871. The van der Waals surface area contributed by atoms with Gasteiger partial charge in [-0.25, -0.2) is 9.37 Å². The molecule has 0 aliphatic rings. The highest BCUT2D eigenvalue weighted by Gasteiger charge is 2.13. The van der Waals surface area contributed by atoms with Crippen molar-refractivity contribution in [3.05, 3.63) is 29.0 Å². The second-order valence-electron chi connectivity index (χ2n) is 3.12. The van der Waals surface area contributed by atoms with Crippen LogP contribution in [0.4, 0.5) is 4.39 Å². The van der Waals surface area contributed by atoms with Crippen LogP contribution in [0.5, 0.6) is 0 Å². The van der Waals surface area contributed by atoms with Crippen LogP contribution < -0.4 is 5.73 Å². The molecule has 5 heteroatoms. The summed E-state index contributed by atoms with van der Waals surface area (Å²) in [5, 5.41) is 0.792. The Morgan fingerprint density at radius 2 is 2.40 bits per heavy atom. The molecular formula is C10H11FN2OS. The van der Waals surface area contributed by atoms with Crippen LogP contribution in [-0.4, -0.2) is 18.6 Å². The fourth-order valence-corrected chi connectivity index (χ4v) is 2.43. The number of fused-ring (bicyclic) bond motifs is 1. The predicted octanol–water partition coefficient (Wildman–Crippen LogP) is 2.08. The van der Waals surface area contributed by atoms with E-state index < -0.39 is 0 Å². The average molecular weight is 226 g/mol. The summed E-state index contributed by atoms with van der Waals surface area (Å²) in [5.74, 6) is -0.251. The van der Waals surface area contributed by atoms with E-state index in [2.05, 4.69) is 4.98 Å². The first kappa shape index (κ1) is 10.5. The molecule has 1 heterocycles. The van der Waals surface area contributed by atoms with Crippen LogP contribution in [0.3, 0.4) is 0 Å². The first-order valence-corrected chi connectivity index (χ1v) is 5.35. The summed E-state index contributed by atoms with van der Waals surface area (Å²) in [4.78, 5) is 4.34. The number of hydrogen-bond donors (Lipinski definition) is 1. The van der Waals surface area contributed by atoms with E-state index in [1.807, 2.05) is 0 Å². The molecule has 2 aromatic rings. The Labute approximate surface area is 90.7 Å². The topological polar surface area (TPSA) is 48.1 Å². The lowest BCUT2D eigenvalue weighted by Gasteiger charge is -2.07.